The van der Waals surface area contributed by atoms with Crippen LogP contribution in [0.4, 0.5) is 0 Å². The average Bonchev–Trinajstić information content (AvgIpc) is 2.90. The van der Waals surface area contributed by atoms with Gasteiger partial charge in [-0.25, -0.2) is 0 Å². The van der Waals surface area contributed by atoms with Crippen molar-refractivity contribution in [2.45, 2.75) is 19.4 Å². The largest absolute Gasteiger partial charge is 0.480 e. The van der Waals surface area contributed by atoms with Crippen LogP contribution in [0.15, 0.2) is 71.0 Å². The molecule has 0 bridgehead atoms. The van der Waals surface area contributed by atoms with E-state index in [2.05, 4.69) is 18.2 Å². The highest BCUT2D eigenvalue weighted by molar-refractivity contribution is 5.84. The Balaban J connectivity index is 2.08. The standard InChI is InChI=1S/C22H15N3O/c1-22(2)20(19(14-25)21(26-22)18(12-23)13-24)10-8-15-7-9-16-5-3-4-6-17(16)11-15/h3-11H,1-2H3/b10-8+. The van der Waals surface area contributed by atoms with Crippen LogP contribution in [0.1, 0.15) is 19.4 Å². The Kier molecular flexibility index (Phi) is 4.32. The maximum absolute atomic E-state index is 9.54. The molecule has 124 valence electrons. The van der Waals surface area contributed by atoms with Crippen molar-refractivity contribution in [2.75, 3.05) is 0 Å². The fourth-order valence-electron chi connectivity index (χ4n) is 2.97. The highest BCUT2D eigenvalue weighted by Gasteiger charge is 2.38. The third-order valence-electron chi connectivity index (χ3n) is 4.28. The molecule has 2 aromatic carbocycles. The highest BCUT2D eigenvalue weighted by atomic mass is 16.5. The van der Waals surface area contributed by atoms with Crippen molar-refractivity contribution in [2.24, 2.45) is 0 Å². The Morgan fingerprint density at radius 1 is 0.962 bits per heavy atom. The zero-order valence-corrected chi connectivity index (χ0v) is 14.4. The summed E-state index contributed by atoms with van der Waals surface area (Å²) in [5.74, 6) is 0.0562. The molecule has 0 atom stereocenters. The minimum absolute atomic E-state index is 0.0562. The number of allylic oxidation sites excluding steroid dienone is 2. The average molecular weight is 337 g/mol. The van der Waals surface area contributed by atoms with E-state index in [0.29, 0.717) is 5.57 Å². The summed E-state index contributed by atoms with van der Waals surface area (Å²) in [7, 11) is 0. The number of nitriles is 3. The van der Waals surface area contributed by atoms with Crippen molar-refractivity contribution < 1.29 is 4.74 Å². The maximum atomic E-state index is 9.54. The first kappa shape index (κ1) is 17.0. The van der Waals surface area contributed by atoms with Crippen LogP contribution in [-0.2, 0) is 4.74 Å². The fourth-order valence-corrected chi connectivity index (χ4v) is 2.97. The zero-order valence-electron chi connectivity index (χ0n) is 14.4. The molecule has 0 fully saturated rings. The Bertz CT molecular complexity index is 1100. The molecule has 4 nitrogen and oxygen atoms in total. The van der Waals surface area contributed by atoms with Crippen LogP contribution < -0.4 is 0 Å². The second kappa shape index (κ2) is 6.60. The summed E-state index contributed by atoms with van der Waals surface area (Å²) in [6, 6.07) is 19.9. The molecule has 0 unspecified atom stereocenters. The molecule has 1 aliphatic rings. The van der Waals surface area contributed by atoms with E-state index < -0.39 is 5.60 Å². The molecule has 26 heavy (non-hydrogen) atoms. The van der Waals surface area contributed by atoms with Crippen molar-refractivity contribution in [3.05, 3.63) is 76.6 Å². The van der Waals surface area contributed by atoms with Crippen molar-refractivity contribution in [1.82, 2.24) is 0 Å². The summed E-state index contributed by atoms with van der Waals surface area (Å²) < 4.78 is 5.75. The summed E-state index contributed by atoms with van der Waals surface area (Å²) in [6.07, 6.45) is 3.73. The van der Waals surface area contributed by atoms with Crippen LogP contribution in [0.25, 0.3) is 16.8 Å². The number of rotatable bonds is 2. The molecule has 0 amide bonds. The Labute approximate surface area is 152 Å². The summed E-state index contributed by atoms with van der Waals surface area (Å²) in [5.41, 5.74) is 0.870. The molecule has 0 saturated carbocycles. The van der Waals surface area contributed by atoms with E-state index >= 15 is 0 Å². The van der Waals surface area contributed by atoms with Crippen LogP contribution in [0, 0.1) is 34.0 Å². The molecule has 0 aliphatic carbocycles. The third-order valence-corrected chi connectivity index (χ3v) is 4.28. The first-order valence-corrected chi connectivity index (χ1v) is 8.06. The molecule has 0 aromatic heterocycles. The van der Waals surface area contributed by atoms with Crippen LogP contribution in [0.5, 0.6) is 0 Å². The Hall–Kier alpha value is -3.81. The van der Waals surface area contributed by atoms with Crippen LogP contribution in [0.2, 0.25) is 0 Å². The normalized spacial score (nSPS) is 15.4. The number of ether oxygens (including phenoxy) is 1. The van der Waals surface area contributed by atoms with Crippen LogP contribution in [0.3, 0.4) is 0 Å². The molecular formula is C22H15N3O. The van der Waals surface area contributed by atoms with Gasteiger partial charge in [0, 0.05) is 5.57 Å². The molecule has 4 heteroatoms. The summed E-state index contributed by atoms with van der Waals surface area (Å²) in [4.78, 5) is 0. The topological polar surface area (TPSA) is 80.6 Å². The smallest absolute Gasteiger partial charge is 0.172 e. The van der Waals surface area contributed by atoms with Gasteiger partial charge in [-0.15, -0.1) is 0 Å². The first-order valence-electron chi connectivity index (χ1n) is 8.06. The van der Waals surface area contributed by atoms with E-state index in [1.807, 2.05) is 56.3 Å². The van der Waals surface area contributed by atoms with Crippen molar-refractivity contribution >= 4 is 16.8 Å². The fraction of sp³-hybridized carbons (Fsp3) is 0.136. The molecule has 1 heterocycles. The van der Waals surface area contributed by atoms with Gasteiger partial charge in [0.2, 0.25) is 0 Å². The summed E-state index contributed by atoms with van der Waals surface area (Å²) in [6.45, 7) is 3.62. The summed E-state index contributed by atoms with van der Waals surface area (Å²) in [5, 5.41) is 30.0. The lowest BCUT2D eigenvalue weighted by Crippen LogP contribution is -2.20. The molecule has 0 spiro atoms. The zero-order chi connectivity index (χ0) is 18.7. The van der Waals surface area contributed by atoms with E-state index in [4.69, 9.17) is 15.3 Å². The minimum atomic E-state index is -0.799. The van der Waals surface area contributed by atoms with E-state index in [0.717, 1.165) is 16.3 Å². The lowest BCUT2D eigenvalue weighted by Gasteiger charge is -2.20. The van der Waals surface area contributed by atoms with Crippen LogP contribution in [-0.4, -0.2) is 5.60 Å². The predicted octanol–water partition coefficient (Wildman–Crippen LogP) is 4.78. The van der Waals surface area contributed by atoms with Gasteiger partial charge in [0.15, 0.2) is 11.3 Å². The van der Waals surface area contributed by atoms with E-state index in [1.165, 1.54) is 0 Å². The number of hydrogen-bond acceptors (Lipinski definition) is 4. The van der Waals surface area contributed by atoms with E-state index in [1.54, 1.807) is 12.1 Å². The first-order chi connectivity index (χ1) is 12.5. The number of fused-ring (bicyclic) bond motifs is 1. The van der Waals surface area contributed by atoms with Gasteiger partial charge < -0.3 is 4.74 Å². The quantitative estimate of drug-likeness (QED) is 0.738. The van der Waals surface area contributed by atoms with Crippen molar-refractivity contribution in [3.8, 4) is 18.2 Å². The Morgan fingerprint density at radius 3 is 2.31 bits per heavy atom. The second-order valence-electron chi connectivity index (χ2n) is 6.38. The van der Waals surface area contributed by atoms with Gasteiger partial charge in [-0.1, -0.05) is 48.6 Å². The van der Waals surface area contributed by atoms with Crippen molar-refractivity contribution in [1.29, 1.82) is 15.8 Å². The lowest BCUT2D eigenvalue weighted by atomic mass is 9.94. The highest BCUT2D eigenvalue weighted by Crippen LogP contribution is 2.40. The van der Waals surface area contributed by atoms with Gasteiger partial charge in [-0.05, 0) is 36.2 Å². The van der Waals surface area contributed by atoms with Gasteiger partial charge >= 0.3 is 0 Å². The van der Waals surface area contributed by atoms with E-state index in [9.17, 15) is 5.26 Å². The molecule has 0 radical (unpaired) electrons. The molecule has 3 rings (SSSR count). The number of nitrogens with zero attached hydrogens (tertiary/aromatic N) is 3. The van der Waals surface area contributed by atoms with Gasteiger partial charge in [0.05, 0.1) is 0 Å². The second-order valence-corrected chi connectivity index (χ2v) is 6.38. The molecular weight excluding hydrogens is 322 g/mol. The third kappa shape index (κ3) is 2.95. The lowest BCUT2D eigenvalue weighted by molar-refractivity contribution is 0.0954. The van der Waals surface area contributed by atoms with E-state index in [-0.39, 0.29) is 16.9 Å². The number of benzene rings is 2. The van der Waals surface area contributed by atoms with Crippen molar-refractivity contribution in [3.63, 3.8) is 0 Å². The number of hydrogen-bond donors (Lipinski definition) is 0. The SMILES string of the molecule is CC1(C)OC(=C(C#N)C#N)C(C#N)=C1/C=C/c1ccc2ccccc2c1. The summed E-state index contributed by atoms with van der Waals surface area (Å²) >= 11 is 0. The monoisotopic (exact) mass is 337 g/mol. The molecule has 2 aromatic rings. The van der Waals surface area contributed by atoms with Gasteiger partial charge in [0.25, 0.3) is 0 Å². The predicted molar refractivity (Wildman–Crippen MR) is 99.0 cm³/mol. The van der Waals surface area contributed by atoms with Gasteiger partial charge in [-0.2, -0.15) is 15.8 Å². The van der Waals surface area contributed by atoms with Gasteiger partial charge in [-0.3, -0.25) is 0 Å². The Morgan fingerprint density at radius 2 is 1.65 bits per heavy atom. The van der Waals surface area contributed by atoms with Gasteiger partial charge in [0.1, 0.15) is 29.4 Å². The molecule has 1 aliphatic heterocycles. The minimum Gasteiger partial charge on any atom is -0.480 e. The molecule has 0 N–H and O–H groups in total. The maximum Gasteiger partial charge on any atom is 0.172 e. The molecule has 0 saturated heterocycles. The van der Waals surface area contributed by atoms with Crippen LogP contribution >= 0.6 is 0 Å².